The van der Waals surface area contributed by atoms with E-state index in [2.05, 4.69) is 15.5 Å². The van der Waals surface area contributed by atoms with E-state index in [0.717, 1.165) is 33.4 Å². The van der Waals surface area contributed by atoms with Crippen molar-refractivity contribution in [3.05, 3.63) is 53.8 Å². The summed E-state index contributed by atoms with van der Waals surface area (Å²) in [5.74, 6) is 0.500. The van der Waals surface area contributed by atoms with Crippen molar-refractivity contribution in [3.8, 4) is 11.3 Å². The Morgan fingerprint density at radius 2 is 1.75 bits per heavy atom. The zero-order valence-corrected chi connectivity index (χ0v) is 11.3. The molecule has 0 spiro atoms. The highest BCUT2D eigenvalue weighted by molar-refractivity contribution is 6.00. The van der Waals surface area contributed by atoms with Gasteiger partial charge >= 0.3 is 0 Å². The van der Waals surface area contributed by atoms with Gasteiger partial charge in [0.2, 0.25) is 0 Å². The SMILES string of the molecule is CNc1nnc(-c2ccc(F)cc2C)c2ccccc12. The Hall–Kier alpha value is -2.49. The molecule has 0 unspecified atom stereocenters. The number of benzene rings is 2. The normalized spacial score (nSPS) is 10.8. The summed E-state index contributed by atoms with van der Waals surface area (Å²) in [5.41, 5.74) is 2.52. The van der Waals surface area contributed by atoms with E-state index >= 15 is 0 Å². The maximum atomic E-state index is 13.2. The van der Waals surface area contributed by atoms with Gasteiger partial charge in [0.05, 0.1) is 0 Å². The molecule has 0 amide bonds. The lowest BCUT2D eigenvalue weighted by Gasteiger charge is -2.10. The second-order valence-electron chi connectivity index (χ2n) is 4.65. The molecule has 3 nitrogen and oxygen atoms in total. The predicted molar refractivity (Wildman–Crippen MR) is 79.2 cm³/mol. The largest absolute Gasteiger partial charge is 0.371 e. The maximum absolute atomic E-state index is 13.2. The molecule has 0 atom stereocenters. The lowest BCUT2D eigenvalue weighted by Crippen LogP contribution is -1.99. The standard InChI is InChI=1S/C16H14FN3/c1-10-9-11(17)7-8-12(10)15-13-5-3-4-6-14(13)16(18-2)20-19-15/h3-9H,1-2H3,(H,18,20). The summed E-state index contributed by atoms with van der Waals surface area (Å²) in [7, 11) is 1.82. The van der Waals surface area contributed by atoms with Gasteiger partial charge in [-0.25, -0.2) is 4.39 Å². The third kappa shape index (κ3) is 1.99. The Morgan fingerprint density at radius 3 is 2.45 bits per heavy atom. The van der Waals surface area contributed by atoms with Crippen LogP contribution >= 0.6 is 0 Å². The molecule has 0 aliphatic heterocycles. The minimum atomic E-state index is -0.240. The zero-order chi connectivity index (χ0) is 14.1. The second-order valence-corrected chi connectivity index (χ2v) is 4.65. The molecule has 3 rings (SSSR count). The number of nitrogens with one attached hydrogen (secondary N) is 1. The van der Waals surface area contributed by atoms with Crippen molar-refractivity contribution in [1.29, 1.82) is 0 Å². The van der Waals surface area contributed by atoms with Gasteiger partial charge in [-0.1, -0.05) is 24.3 Å². The maximum Gasteiger partial charge on any atom is 0.156 e. The fourth-order valence-corrected chi connectivity index (χ4v) is 2.38. The lowest BCUT2D eigenvalue weighted by atomic mass is 10.0. The second kappa shape index (κ2) is 4.89. The number of aryl methyl sites for hydroxylation is 1. The summed E-state index contributed by atoms with van der Waals surface area (Å²) in [6, 6.07) is 12.6. The molecule has 0 aliphatic rings. The van der Waals surface area contributed by atoms with Gasteiger partial charge in [0, 0.05) is 23.4 Å². The molecular weight excluding hydrogens is 253 g/mol. The molecule has 20 heavy (non-hydrogen) atoms. The van der Waals surface area contributed by atoms with Crippen molar-refractivity contribution < 1.29 is 4.39 Å². The van der Waals surface area contributed by atoms with Gasteiger partial charge in [-0.15, -0.1) is 10.2 Å². The van der Waals surface area contributed by atoms with E-state index in [4.69, 9.17) is 0 Å². The van der Waals surface area contributed by atoms with Crippen LogP contribution in [0.4, 0.5) is 10.2 Å². The van der Waals surface area contributed by atoms with Crippen LogP contribution in [0.5, 0.6) is 0 Å². The molecule has 1 N–H and O–H groups in total. The van der Waals surface area contributed by atoms with Crippen molar-refractivity contribution in [2.24, 2.45) is 0 Å². The molecule has 0 saturated carbocycles. The summed E-state index contributed by atoms with van der Waals surface area (Å²) in [5, 5.41) is 13.6. The minimum Gasteiger partial charge on any atom is -0.371 e. The van der Waals surface area contributed by atoms with Crippen LogP contribution in [0.15, 0.2) is 42.5 Å². The Bertz CT molecular complexity index is 784. The minimum absolute atomic E-state index is 0.240. The van der Waals surface area contributed by atoms with E-state index in [9.17, 15) is 4.39 Å². The molecule has 0 aliphatic carbocycles. The molecule has 100 valence electrons. The van der Waals surface area contributed by atoms with Crippen LogP contribution < -0.4 is 5.32 Å². The number of anilines is 1. The number of nitrogens with zero attached hydrogens (tertiary/aromatic N) is 2. The number of aromatic nitrogens is 2. The average molecular weight is 267 g/mol. The van der Waals surface area contributed by atoms with Gasteiger partial charge in [-0.2, -0.15) is 0 Å². The van der Waals surface area contributed by atoms with Crippen molar-refractivity contribution in [2.75, 3.05) is 12.4 Å². The molecule has 1 heterocycles. The van der Waals surface area contributed by atoms with E-state index < -0.39 is 0 Å². The van der Waals surface area contributed by atoms with Crippen molar-refractivity contribution in [2.45, 2.75) is 6.92 Å². The highest BCUT2D eigenvalue weighted by Crippen LogP contribution is 2.31. The summed E-state index contributed by atoms with van der Waals surface area (Å²) >= 11 is 0. The summed E-state index contributed by atoms with van der Waals surface area (Å²) in [4.78, 5) is 0. The van der Waals surface area contributed by atoms with Crippen LogP contribution in [-0.2, 0) is 0 Å². The molecule has 4 heteroatoms. The molecule has 0 bridgehead atoms. The third-order valence-corrected chi connectivity index (χ3v) is 3.37. The van der Waals surface area contributed by atoms with Crippen LogP contribution in [0.2, 0.25) is 0 Å². The lowest BCUT2D eigenvalue weighted by molar-refractivity contribution is 0.627. The van der Waals surface area contributed by atoms with E-state index in [1.165, 1.54) is 12.1 Å². The number of halogens is 1. The van der Waals surface area contributed by atoms with Crippen molar-refractivity contribution in [3.63, 3.8) is 0 Å². The molecule has 1 aromatic heterocycles. The first kappa shape index (κ1) is 12.5. The van der Waals surface area contributed by atoms with Gasteiger partial charge < -0.3 is 5.32 Å². The van der Waals surface area contributed by atoms with Crippen LogP contribution in [0, 0.1) is 12.7 Å². The number of fused-ring (bicyclic) bond motifs is 1. The number of rotatable bonds is 2. The number of hydrogen-bond acceptors (Lipinski definition) is 3. The fraction of sp³-hybridized carbons (Fsp3) is 0.125. The molecular formula is C16H14FN3. The van der Waals surface area contributed by atoms with Crippen LogP contribution in [0.25, 0.3) is 22.0 Å². The van der Waals surface area contributed by atoms with Crippen LogP contribution in [0.3, 0.4) is 0 Å². The van der Waals surface area contributed by atoms with E-state index in [0.29, 0.717) is 0 Å². The van der Waals surface area contributed by atoms with Gasteiger partial charge in [-0.05, 0) is 30.7 Å². The van der Waals surface area contributed by atoms with Gasteiger partial charge in [0.25, 0.3) is 0 Å². The Balaban J connectivity index is 2.32. The van der Waals surface area contributed by atoms with Crippen molar-refractivity contribution >= 4 is 16.6 Å². The summed E-state index contributed by atoms with van der Waals surface area (Å²) < 4.78 is 13.2. The van der Waals surface area contributed by atoms with Gasteiger partial charge in [-0.3, -0.25) is 0 Å². The summed E-state index contributed by atoms with van der Waals surface area (Å²) in [6.07, 6.45) is 0. The topological polar surface area (TPSA) is 37.8 Å². The highest BCUT2D eigenvalue weighted by atomic mass is 19.1. The first-order valence-corrected chi connectivity index (χ1v) is 6.40. The molecule has 0 fully saturated rings. The van der Waals surface area contributed by atoms with Crippen LogP contribution in [-0.4, -0.2) is 17.2 Å². The monoisotopic (exact) mass is 267 g/mol. The van der Waals surface area contributed by atoms with Gasteiger partial charge in [0.15, 0.2) is 5.82 Å². The first-order chi connectivity index (χ1) is 9.70. The Kier molecular flexibility index (Phi) is 3.06. The molecule has 2 aromatic carbocycles. The van der Waals surface area contributed by atoms with Crippen LogP contribution in [0.1, 0.15) is 5.56 Å². The van der Waals surface area contributed by atoms with E-state index in [1.54, 1.807) is 6.07 Å². The number of hydrogen-bond donors (Lipinski definition) is 1. The van der Waals surface area contributed by atoms with E-state index in [-0.39, 0.29) is 5.82 Å². The molecule has 0 saturated heterocycles. The van der Waals surface area contributed by atoms with Crippen molar-refractivity contribution in [1.82, 2.24) is 10.2 Å². The summed E-state index contributed by atoms with van der Waals surface area (Å²) in [6.45, 7) is 1.88. The fourth-order valence-electron chi connectivity index (χ4n) is 2.38. The zero-order valence-electron chi connectivity index (χ0n) is 11.3. The first-order valence-electron chi connectivity index (χ1n) is 6.40. The molecule has 0 radical (unpaired) electrons. The predicted octanol–water partition coefficient (Wildman–Crippen LogP) is 3.79. The highest BCUT2D eigenvalue weighted by Gasteiger charge is 2.12. The Labute approximate surface area is 116 Å². The third-order valence-electron chi connectivity index (χ3n) is 3.37. The molecule has 3 aromatic rings. The quantitative estimate of drug-likeness (QED) is 0.767. The van der Waals surface area contributed by atoms with Gasteiger partial charge in [0.1, 0.15) is 11.5 Å². The average Bonchev–Trinajstić information content (AvgIpc) is 2.47. The van der Waals surface area contributed by atoms with E-state index in [1.807, 2.05) is 38.2 Å². The Morgan fingerprint density at radius 1 is 1.00 bits per heavy atom. The smallest absolute Gasteiger partial charge is 0.156 e.